The van der Waals surface area contributed by atoms with Gasteiger partial charge in [-0.2, -0.15) is 5.26 Å². The van der Waals surface area contributed by atoms with Gasteiger partial charge in [0.1, 0.15) is 29.3 Å². The van der Waals surface area contributed by atoms with Crippen LogP contribution in [-0.4, -0.2) is 38.3 Å². The van der Waals surface area contributed by atoms with Crippen molar-refractivity contribution in [2.75, 3.05) is 11.1 Å². The number of aliphatic carboxylic acids is 1. The molecule has 3 rings (SSSR count). The summed E-state index contributed by atoms with van der Waals surface area (Å²) >= 11 is 6.04. The van der Waals surface area contributed by atoms with Crippen molar-refractivity contribution in [2.45, 2.75) is 18.9 Å². The van der Waals surface area contributed by atoms with Crippen LogP contribution in [0.25, 0.3) is 22.4 Å². The van der Waals surface area contributed by atoms with Crippen LogP contribution in [0.1, 0.15) is 18.4 Å². The molecule has 33 heavy (non-hydrogen) atoms. The van der Waals surface area contributed by atoms with E-state index in [0.29, 0.717) is 33.1 Å². The molecule has 1 unspecified atom stereocenters. The van der Waals surface area contributed by atoms with Gasteiger partial charge in [0.2, 0.25) is 0 Å². The lowest BCUT2D eigenvalue weighted by Crippen LogP contribution is -2.28. The Morgan fingerprint density at radius 1 is 1.18 bits per heavy atom. The number of anilines is 2. The lowest BCUT2D eigenvalue weighted by atomic mass is 9.97. The molecule has 10 heteroatoms. The topological polar surface area (TPSA) is 170 Å². The largest absolute Gasteiger partial charge is 0.507 e. The molecule has 0 aliphatic carbocycles. The number of hydrogen-bond donors (Lipinski definition) is 5. The summed E-state index contributed by atoms with van der Waals surface area (Å²) in [5.74, 6) is -2.00. The van der Waals surface area contributed by atoms with Crippen molar-refractivity contribution in [1.82, 2.24) is 4.98 Å². The maximum Gasteiger partial charge on any atom is 0.303 e. The number of pyridine rings is 1. The van der Waals surface area contributed by atoms with Crippen LogP contribution in [0.4, 0.5) is 11.5 Å². The Bertz CT molecular complexity index is 1270. The summed E-state index contributed by atoms with van der Waals surface area (Å²) < 4.78 is 0. The number of carbonyl (C=O) groups excluding carboxylic acids is 1. The number of nitrogen functional groups attached to an aromatic ring is 1. The molecular formula is C23H19ClN4O5. The minimum absolute atomic E-state index is 0.0529. The van der Waals surface area contributed by atoms with Crippen molar-refractivity contribution in [2.24, 2.45) is 0 Å². The van der Waals surface area contributed by atoms with Crippen molar-refractivity contribution >= 4 is 35.0 Å². The highest BCUT2D eigenvalue weighted by molar-refractivity contribution is 6.31. The summed E-state index contributed by atoms with van der Waals surface area (Å²) in [6.07, 6.45) is -2.07. The number of aliphatic hydroxyl groups excluding tert-OH is 1. The normalized spacial score (nSPS) is 11.4. The lowest BCUT2D eigenvalue weighted by Gasteiger charge is -2.14. The van der Waals surface area contributed by atoms with Crippen LogP contribution in [0.2, 0.25) is 5.02 Å². The smallest absolute Gasteiger partial charge is 0.303 e. The molecule has 6 N–H and O–H groups in total. The maximum absolute atomic E-state index is 12.2. The first kappa shape index (κ1) is 23.5. The van der Waals surface area contributed by atoms with Gasteiger partial charge in [0.05, 0.1) is 5.69 Å². The van der Waals surface area contributed by atoms with E-state index in [1.54, 1.807) is 30.3 Å². The Kier molecular flexibility index (Phi) is 7.13. The first-order valence-electron chi connectivity index (χ1n) is 9.70. The molecule has 0 radical (unpaired) electrons. The number of nitrogens with two attached hydrogens (primary N) is 1. The van der Waals surface area contributed by atoms with Crippen LogP contribution < -0.4 is 11.1 Å². The van der Waals surface area contributed by atoms with E-state index in [0.717, 1.165) is 0 Å². The van der Waals surface area contributed by atoms with Gasteiger partial charge in [0, 0.05) is 28.3 Å². The second-order valence-corrected chi connectivity index (χ2v) is 7.54. The number of carboxylic acid groups (broad SMARTS) is 1. The third kappa shape index (κ3) is 5.57. The van der Waals surface area contributed by atoms with Gasteiger partial charge in [-0.1, -0.05) is 23.7 Å². The van der Waals surface area contributed by atoms with E-state index in [9.17, 15) is 25.1 Å². The molecule has 168 valence electrons. The Hall–Kier alpha value is -4.13. The van der Waals surface area contributed by atoms with Gasteiger partial charge in [-0.05, 0) is 48.4 Å². The third-order valence-electron chi connectivity index (χ3n) is 4.77. The molecule has 0 bridgehead atoms. The number of phenolic OH excluding ortho intramolecular Hbond substituents is 1. The summed E-state index contributed by atoms with van der Waals surface area (Å²) in [5.41, 5.74) is 7.97. The number of hydrogen-bond acceptors (Lipinski definition) is 7. The molecule has 1 atom stereocenters. The number of rotatable bonds is 7. The molecule has 0 aliphatic rings. The van der Waals surface area contributed by atoms with E-state index in [4.69, 9.17) is 22.4 Å². The van der Waals surface area contributed by atoms with Crippen molar-refractivity contribution in [1.29, 1.82) is 5.26 Å². The zero-order valence-electron chi connectivity index (χ0n) is 17.1. The molecule has 1 heterocycles. The van der Waals surface area contributed by atoms with Crippen molar-refractivity contribution in [3.63, 3.8) is 0 Å². The van der Waals surface area contributed by atoms with E-state index in [-0.39, 0.29) is 30.0 Å². The quantitative estimate of drug-likeness (QED) is 0.352. The summed E-state index contributed by atoms with van der Waals surface area (Å²) in [6, 6.07) is 14.5. The molecule has 3 aromatic rings. The summed E-state index contributed by atoms with van der Waals surface area (Å²) in [6.45, 7) is 0. The summed E-state index contributed by atoms with van der Waals surface area (Å²) in [7, 11) is 0. The third-order valence-corrected chi connectivity index (χ3v) is 5.00. The number of nitriles is 1. The first-order chi connectivity index (χ1) is 15.7. The fraction of sp³-hybridized carbons (Fsp3) is 0.130. The number of carbonyl (C=O) groups is 2. The number of halogens is 1. The summed E-state index contributed by atoms with van der Waals surface area (Å²) in [5, 5.41) is 41.3. The Morgan fingerprint density at radius 2 is 1.94 bits per heavy atom. The molecule has 1 amide bonds. The maximum atomic E-state index is 12.2. The van der Waals surface area contributed by atoms with E-state index in [1.165, 1.54) is 18.2 Å². The number of carboxylic acids is 1. The molecule has 0 saturated heterocycles. The number of amides is 1. The minimum atomic E-state index is -1.49. The van der Waals surface area contributed by atoms with Crippen LogP contribution in [0, 0.1) is 11.3 Å². The first-order valence-corrected chi connectivity index (χ1v) is 10.1. The van der Waals surface area contributed by atoms with Gasteiger partial charge >= 0.3 is 5.97 Å². The van der Waals surface area contributed by atoms with E-state index in [1.807, 2.05) is 6.07 Å². The van der Waals surface area contributed by atoms with Crippen LogP contribution in [0.3, 0.4) is 0 Å². The molecule has 0 spiro atoms. The molecule has 0 aliphatic heterocycles. The number of benzene rings is 2. The number of aromatic nitrogens is 1. The Labute approximate surface area is 193 Å². The van der Waals surface area contributed by atoms with E-state index < -0.39 is 18.0 Å². The SMILES string of the molecule is N#Cc1c(-c2cccc(NC(=O)C(O)CCC(=O)O)c2)cc(-c2cc(Cl)ccc2O)nc1N. The number of aliphatic hydroxyl groups is 1. The zero-order chi connectivity index (χ0) is 24.1. The summed E-state index contributed by atoms with van der Waals surface area (Å²) in [4.78, 5) is 27.0. The average molecular weight is 467 g/mol. The highest BCUT2D eigenvalue weighted by Crippen LogP contribution is 2.36. The number of nitrogens with zero attached hydrogens (tertiary/aromatic N) is 2. The molecule has 2 aromatic carbocycles. The molecule has 9 nitrogen and oxygen atoms in total. The number of nitrogens with one attached hydrogen (secondary N) is 1. The monoisotopic (exact) mass is 466 g/mol. The predicted octanol–water partition coefficient (Wildman–Crippen LogP) is 3.39. The number of phenols is 1. The molecule has 1 aromatic heterocycles. The Balaban J connectivity index is 1.98. The minimum Gasteiger partial charge on any atom is -0.507 e. The second-order valence-electron chi connectivity index (χ2n) is 7.11. The zero-order valence-corrected chi connectivity index (χ0v) is 17.9. The van der Waals surface area contributed by atoms with Gasteiger partial charge in [-0.15, -0.1) is 0 Å². The highest BCUT2D eigenvalue weighted by Gasteiger charge is 2.18. The van der Waals surface area contributed by atoms with Gasteiger partial charge in [0.25, 0.3) is 5.91 Å². The van der Waals surface area contributed by atoms with Crippen LogP contribution in [-0.2, 0) is 9.59 Å². The van der Waals surface area contributed by atoms with Crippen molar-refractivity contribution in [3.8, 4) is 34.2 Å². The lowest BCUT2D eigenvalue weighted by molar-refractivity contribution is -0.138. The van der Waals surface area contributed by atoms with Crippen molar-refractivity contribution in [3.05, 3.63) is 59.1 Å². The Morgan fingerprint density at radius 3 is 2.64 bits per heavy atom. The fourth-order valence-electron chi connectivity index (χ4n) is 3.14. The van der Waals surface area contributed by atoms with Gasteiger partial charge in [-0.25, -0.2) is 4.98 Å². The second kappa shape index (κ2) is 9.99. The highest BCUT2D eigenvalue weighted by atomic mass is 35.5. The van der Waals surface area contributed by atoms with E-state index in [2.05, 4.69) is 10.3 Å². The van der Waals surface area contributed by atoms with Gasteiger partial charge in [-0.3, -0.25) is 9.59 Å². The van der Waals surface area contributed by atoms with Gasteiger partial charge in [0.15, 0.2) is 0 Å². The van der Waals surface area contributed by atoms with Crippen molar-refractivity contribution < 1.29 is 24.9 Å². The standard InChI is InChI=1S/C23H19ClN4O5/c24-13-4-5-19(29)16(9-13)18-10-15(17(11-25)22(26)28-18)12-2-1-3-14(8-12)27-23(33)20(30)6-7-21(31)32/h1-5,8-10,20,29-30H,6-7H2,(H2,26,28)(H,27,33)(H,31,32). The van der Waals surface area contributed by atoms with Crippen LogP contribution in [0.15, 0.2) is 48.5 Å². The molecular weight excluding hydrogens is 448 g/mol. The number of aromatic hydroxyl groups is 1. The predicted molar refractivity (Wildman–Crippen MR) is 122 cm³/mol. The molecule has 0 saturated carbocycles. The van der Waals surface area contributed by atoms with E-state index >= 15 is 0 Å². The average Bonchev–Trinajstić information content (AvgIpc) is 2.78. The van der Waals surface area contributed by atoms with Crippen LogP contribution >= 0.6 is 11.6 Å². The fourth-order valence-corrected chi connectivity index (χ4v) is 3.31. The molecule has 0 fully saturated rings. The van der Waals surface area contributed by atoms with Gasteiger partial charge < -0.3 is 26.4 Å². The van der Waals surface area contributed by atoms with Crippen LogP contribution in [0.5, 0.6) is 5.75 Å².